The van der Waals surface area contributed by atoms with Crippen LogP contribution in [-0.4, -0.2) is 29.6 Å². The molecule has 3 N–H and O–H groups in total. The van der Waals surface area contributed by atoms with Crippen molar-refractivity contribution < 1.29 is 0 Å². The van der Waals surface area contributed by atoms with Gasteiger partial charge in [0.15, 0.2) is 0 Å². The summed E-state index contributed by atoms with van der Waals surface area (Å²) in [7, 11) is 0. The van der Waals surface area contributed by atoms with Crippen molar-refractivity contribution in [3.63, 3.8) is 0 Å². The van der Waals surface area contributed by atoms with Crippen molar-refractivity contribution in [2.24, 2.45) is 11.7 Å². The molecule has 0 unspecified atom stereocenters. The van der Waals surface area contributed by atoms with Crippen LogP contribution < -0.4 is 16.2 Å². The van der Waals surface area contributed by atoms with Crippen LogP contribution in [0, 0.1) is 5.92 Å². The third-order valence-electron chi connectivity index (χ3n) is 2.21. The highest BCUT2D eigenvalue weighted by Gasteiger charge is 2.09. The predicted octanol–water partition coefficient (Wildman–Crippen LogP) is 0.581. The van der Waals surface area contributed by atoms with Crippen molar-refractivity contribution in [2.45, 2.75) is 20.3 Å². The predicted molar refractivity (Wildman–Crippen MR) is 65.6 cm³/mol. The Bertz CT molecular complexity index is 361. The Hall–Kier alpha value is -1.36. The largest absolute Gasteiger partial charge is 0.356 e. The molecular weight excluding hydrogens is 204 g/mol. The molecular formula is C11H20N4O. The second-order valence-electron chi connectivity index (χ2n) is 4.25. The number of hydrogen-bond donors (Lipinski definition) is 2. The lowest BCUT2D eigenvalue weighted by Gasteiger charge is -2.25. The number of nitrogens with zero attached hydrogens (tertiary/aromatic N) is 2. The lowest BCUT2D eigenvalue weighted by molar-refractivity contribution is 0.595. The highest BCUT2D eigenvalue weighted by atomic mass is 16.1. The third kappa shape index (κ3) is 4.02. The first-order chi connectivity index (χ1) is 7.63. The molecule has 5 heteroatoms. The quantitative estimate of drug-likeness (QED) is 0.741. The van der Waals surface area contributed by atoms with E-state index >= 15 is 0 Å². The van der Waals surface area contributed by atoms with Gasteiger partial charge in [0.2, 0.25) is 0 Å². The van der Waals surface area contributed by atoms with Crippen LogP contribution in [0.25, 0.3) is 0 Å². The summed E-state index contributed by atoms with van der Waals surface area (Å²) in [5.74, 6) is 1.25. The maximum absolute atomic E-state index is 11.2. The number of hydrogen-bond acceptors (Lipinski definition) is 4. The van der Waals surface area contributed by atoms with Crippen molar-refractivity contribution in [1.82, 2.24) is 9.97 Å². The molecule has 1 heterocycles. The number of aromatic amines is 1. The zero-order valence-electron chi connectivity index (χ0n) is 9.94. The maximum Gasteiger partial charge on any atom is 0.252 e. The average molecular weight is 224 g/mol. The molecule has 5 nitrogen and oxygen atoms in total. The van der Waals surface area contributed by atoms with Gasteiger partial charge >= 0.3 is 0 Å². The van der Waals surface area contributed by atoms with E-state index in [-0.39, 0.29) is 5.56 Å². The lowest BCUT2D eigenvalue weighted by Crippen LogP contribution is -2.31. The number of rotatable bonds is 6. The maximum atomic E-state index is 11.2. The van der Waals surface area contributed by atoms with E-state index in [2.05, 4.69) is 28.7 Å². The second-order valence-corrected chi connectivity index (χ2v) is 4.25. The molecule has 0 saturated carbocycles. The van der Waals surface area contributed by atoms with Crippen LogP contribution in [-0.2, 0) is 0 Å². The summed E-state index contributed by atoms with van der Waals surface area (Å²) in [6.07, 6.45) is 2.34. The third-order valence-corrected chi connectivity index (χ3v) is 2.21. The van der Waals surface area contributed by atoms with Gasteiger partial charge in [-0.3, -0.25) is 4.79 Å². The Morgan fingerprint density at radius 1 is 1.56 bits per heavy atom. The topological polar surface area (TPSA) is 75.0 Å². The summed E-state index contributed by atoms with van der Waals surface area (Å²) in [6.45, 7) is 6.66. The summed E-state index contributed by atoms with van der Waals surface area (Å²) in [5, 5.41) is 0. The van der Waals surface area contributed by atoms with Crippen LogP contribution in [0.1, 0.15) is 20.3 Å². The molecule has 0 aromatic carbocycles. The van der Waals surface area contributed by atoms with E-state index < -0.39 is 0 Å². The van der Waals surface area contributed by atoms with Gasteiger partial charge in [0.05, 0.1) is 6.33 Å². The number of anilines is 1. The number of nitrogens with one attached hydrogen (secondary N) is 1. The Morgan fingerprint density at radius 3 is 2.88 bits per heavy atom. The second kappa shape index (κ2) is 6.27. The van der Waals surface area contributed by atoms with Crippen LogP contribution in [0.2, 0.25) is 0 Å². The van der Waals surface area contributed by atoms with Gasteiger partial charge in [-0.05, 0) is 18.9 Å². The van der Waals surface area contributed by atoms with Crippen LogP contribution in [0.4, 0.5) is 5.82 Å². The first-order valence-corrected chi connectivity index (χ1v) is 5.63. The van der Waals surface area contributed by atoms with Gasteiger partial charge in [-0.1, -0.05) is 13.8 Å². The monoisotopic (exact) mass is 224 g/mol. The van der Waals surface area contributed by atoms with E-state index in [0.29, 0.717) is 12.5 Å². The minimum Gasteiger partial charge on any atom is -0.356 e. The minimum absolute atomic E-state index is 0.119. The summed E-state index contributed by atoms with van der Waals surface area (Å²) < 4.78 is 0. The molecule has 0 spiro atoms. The van der Waals surface area contributed by atoms with Crippen molar-refractivity contribution in [2.75, 3.05) is 24.5 Å². The van der Waals surface area contributed by atoms with E-state index in [1.165, 1.54) is 12.4 Å². The highest BCUT2D eigenvalue weighted by molar-refractivity contribution is 5.36. The standard InChI is InChI=1S/C11H20N4O/c1-9(2)7-15(5-3-4-12)10-6-11(16)14-8-13-10/h6,8-9H,3-5,7,12H2,1-2H3,(H,13,14,16). The van der Waals surface area contributed by atoms with Crippen molar-refractivity contribution in [1.29, 1.82) is 0 Å². The van der Waals surface area contributed by atoms with Crippen molar-refractivity contribution in [3.8, 4) is 0 Å². The first kappa shape index (κ1) is 12.7. The molecule has 90 valence electrons. The summed E-state index contributed by atoms with van der Waals surface area (Å²) in [4.78, 5) is 20.0. The molecule has 1 aromatic rings. The van der Waals surface area contributed by atoms with Gasteiger partial charge in [-0.2, -0.15) is 0 Å². The summed E-state index contributed by atoms with van der Waals surface area (Å²) in [5.41, 5.74) is 5.38. The number of nitrogens with two attached hydrogens (primary N) is 1. The fourth-order valence-corrected chi connectivity index (χ4v) is 1.55. The molecule has 1 aromatic heterocycles. The number of aromatic nitrogens is 2. The van der Waals surface area contributed by atoms with Gasteiger partial charge in [-0.25, -0.2) is 4.98 Å². The molecule has 0 aliphatic carbocycles. The minimum atomic E-state index is -0.119. The molecule has 1 rings (SSSR count). The molecule has 0 radical (unpaired) electrons. The molecule has 0 saturated heterocycles. The smallest absolute Gasteiger partial charge is 0.252 e. The summed E-state index contributed by atoms with van der Waals surface area (Å²) in [6, 6.07) is 1.53. The Kier molecular flexibility index (Phi) is 4.98. The fourth-order valence-electron chi connectivity index (χ4n) is 1.55. The van der Waals surface area contributed by atoms with Crippen LogP contribution in [0.15, 0.2) is 17.2 Å². The molecule has 0 amide bonds. The molecule has 0 aliphatic heterocycles. The molecule has 0 atom stereocenters. The van der Waals surface area contributed by atoms with Gasteiger partial charge in [0, 0.05) is 19.2 Å². The van der Waals surface area contributed by atoms with Gasteiger partial charge in [0.1, 0.15) is 5.82 Å². The molecule has 0 bridgehead atoms. The van der Waals surface area contributed by atoms with E-state index in [4.69, 9.17) is 5.73 Å². The van der Waals surface area contributed by atoms with Crippen LogP contribution in [0.3, 0.4) is 0 Å². The average Bonchev–Trinajstić information content (AvgIpc) is 2.23. The molecule has 0 fully saturated rings. The van der Waals surface area contributed by atoms with E-state index in [0.717, 1.165) is 25.3 Å². The van der Waals surface area contributed by atoms with Gasteiger partial charge in [0.25, 0.3) is 5.56 Å². The molecule has 0 aliphatic rings. The van der Waals surface area contributed by atoms with E-state index in [1.807, 2.05) is 0 Å². The summed E-state index contributed by atoms with van der Waals surface area (Å²) >= 11 is 0. The van der Waals surface area contributed by atoms with E-state index in [1.54, 1.807) is 0 Å². The Labute approximate surface area is 95.7 Å². The zero-order chi connectivity index (χ0) is 12.0. The normalized spacial score (nSPS) is 10.8. The van der Waals surface area contributed by atoms with Gasteiger partial charge in [-0.15, -0.1) is 0 Å². The van der Waals surface area contributed by atoms with Crippen LogP contribution in [0.5, 0.6) is 0 Å². The zero-order valence-corrected chi connectivity index (χ0v) is 9.94. The number of H-pyrrole nitrogens is 1. The van der Waals surface area contributed by atoms with Crippen molar-refractivity contribution >= 4 is 5.82 Å². The Morgan fingerprint density at radius 2 is 2.31 bits per heavy atom. The van der Waals surface area contributed by atoms with Gasteiger partial charge < -0.3 is 15.6 Å². The van der Waals surface area contributed by atoms with E-state index in [9.17, 15) is 4.79 Å². The SMILES string of the molecule is CC(C)CN(CCCN)c1cc(=O)[nH]cn1. The molecule has 16 heavy (non-hydrogen) atoms. The van der Waals surface area contributed by atoms with Crippen LogP contribution >= 0.6 is 0 Å². The van der Waals surface area contributed by atoms with Crippen molar-refractivity contribution in [3.05, 3.63) is 22.7 Å². The fraction of sp³-hybridized carbons (Fsp3) is 0.636. The highest BCUT2D eigenvalue weighted by Crippen LogP contribution is 2.09. The lowest BCUT2D eigenvalue weighted by atomic mass is 10.2. The Balaban J connectivity index is 2.78. The first-order valence-electron chi connectivity index (χ1n) is 5.63.